The van der Waals surface area contributed by atoms with Gasteiger partial charge in [-0.15, -0.1) is 11.8 Å². The highest BCUT2D eigenvalue weighted by molar-refractivity contribution is 8.01. The number of hydrogen-bond acceptors (Lipinski definition) is 4. The van der Waals surface area contributed by atoms with E-state index in [1.54, 1.807) is 0 Å². The summed E-state index contributed by atoms with van der Waals surface area (Å²) >= 11 is 1.98. The fourth-order valence-corrected chi connectivity index (χ4v) is 6.55. The summed E-state index contributed by atoms with van der Waals surface area (Å²) in [5.74, 6) is 0.480. The molecule has 6 aliphatic rings. The van der Waals surface area contributed by atoms with Crippen LogP contribution in [0.2, 0.25) is 0 Å². The third kappa shape index (κ3) is 1.64. The van der Waals surface area contributed by atoms with E-state index >= 15 is 0 Å². The van der Waals surface area contributed by atoms with Crippen molar-refractivity contribution in [3.8, 4) is 0 Å². The van der Waals surface area contributed by atoms with Gasteiger partial charge in [0.05, 0.1) is 11.8 Å². The van der Waals surface area contributed by atoms with E-state index in [0.717, 1.165) is 0 Å². The van der Waals surface area contributed by atoms with Crippen LogP contribution in [0, 0.1) is 35.5 Å². The van der Waals surface area contributed by atoms with Gasteiger partial charge in [0.15, 0.2) is 0 Å². The molecular weight excluding hydrogens is 296 g/mol. The molecule has 6 rings (SSSR count). The van der Waals surface area contributed by atoms with Gasteiger partial charge in [-0.05, 0) is 23.7 Å². The van der Waals surface area contributed by atoms with E-state index in [4.69, 9.17) is 4.74 Å². The van der Waals surface area contributed by atoms with Crippen LogP contribution in [0.5, 0.6) is 0 Å². The van der Waals surface area contributed by atoms with Gasteiger partial charge in [-0.3, -0.25) is 9.59 Å². The average molecular weight is 312 g/mol. The van der Waals surface area contributed by atoms with Gasteiger partial charge in [0.1, 0.15) is 0 Å². The fraction of sp³-hybridized carbons (Fsp3) is 0.444. The minimum absolute atomic E-state index is 0.202. The van der Waals surface area contributed by atoms with Gasteiger partial charge >= 0.3 is 11.9 Å². The van der Waals surface area contributed by atoms with Crippen molar-refractivity contribution in [1.29, 1.82) is 0 Å². The first-order valence-corrected chi connectivity index (χ1v) is 8.81. The molecule has 2 saturated carbocycles. The summed E-state index contributed by atoms with van der Waals surface area (Å²) in [4.78, 5) is 24.0. The standard InChI is InChI=1S/C18H16O3S/c19-17-14-10-7-8-11(15(14)18(20)21-17)13-12(10)16(13)22-9-5-3-1-2-4-6-9/h1-16H/t10-,11+,12+,13-,14-,15+,16?. The summed E-state index contributed by atoms with van der Waals surface area (Å²) in [6.45, 7) is 0. The Morgan fingerprint density at radius 2 is 1.32 bits per heavy atom. The second-order valence-electron chi connectivity index (χ2n) is 6.71. The van der Waals surface area contributed by atoms with Crippen molar-refractivity contribution in [1.82, 2.24) is 0 Å². The van der Waals surface area contributed by atoms with Gasteiger partial charge in [0.2, 0.25) is 0 Å². The van der Waals surface area contributed by atoms with Gasteiger partial charge in [0, 0.05) is 10.5 Å². The number of esters is 2. The van der Waals surface area contributed by atoms with Crippen LogP contribution >= 0.6 is 11.8 Å². The highest BCUT2D eigenvalue weighted by Crippen LogP contribution is 2.69. The van der Waals surface area contributed by atoms with Crippen molar-refractivity contribution in [2.24, 2.45) is 35.5 Å². The third-order valence-corrected chi connectivity index (χ3v) is 7.29. The Bertz CT molecular complexity index is 622. The van der Waals surface area contributed by atoms with E-state index < -0.39 is 0 Å². The Balaban J connectivity index is 1.40. The average Bonchev–Trinajstić information content (AvgIpc) is 3.23. The number of ether oxygens (including phenoxy) is 1. The minimum Gasteiger partial charge on any atom is -0.393 e. The summed E-state index contributed by atoms with van der Waals surface area (Å²) in [6.07, 6.45) is 17.0. The lowest BCUT2D eigenvalue weighted by Gasteiger charge is -2.36. The number of cyclic esters (lactones) is 2. The summed E-state index contributed by atoms with van der Waals surface area (Å²) in [5, 5.41) is 0.932. The maximum Gasteiger partial charge on any atom is 0.318 e. The lowest BCUT2D eigenvalue weighted by atomic mass is 9.63. The second kappa shape index (κ2) is 4.48. The first-order chi connectivity index (χ1) is 10.8. The molecule has 112 valence electrons. The van der Waals surface area contributed by atoms with Gasteiger partial charge in [-0.2, -0.15) is 0 Å². The van der Waals surface area contributed by atoms with Gasteiger partial charge in [0.25, 0.3) is 0 Å². The molecule has 0 aromatic heterocycles. The first-order valence-electron chi connectivity index (χ1n) is 7.87. The number of allylic oxidation sites excluding steroid dienone is 6. The molecule has 7 atom stereocenters. The molecular formula is C18H16O3S. The summed E-state index contributed by atoms with van der Waals surface area (Å²) in [6, 6.07) is 0. The predicted octanol–water partition coefficient (Wildman–Crippen LogP) is 2.52. The predicted molar refractivity (Wildman–Crippen MR) is 83.8 cm³/mol. The van der Waals surface area contributed by atoms with Crippen molar-refractivity contribution in [2.75, 3.05) is 0 Å². The molecule has 1 unspecified atom stereocenters. The van der Waals surface area contributed by atoms with Crippen molar-refractivity contribution >= 4 is 23.7 Å². The zero-order valence-corrected chi connectivity index (χ0v) is 12.7. The molecule has 5 aliphatic carbocycles. The molecule has 0 amide bonds. The topological polar surface area (TPSA) is 43.4 Å². The molecule has 22 heavy (non-hydrogen) atoms. The molecule has 0 spiro atoms. The van der Waals surface area contributed by atoms with E-state index in [-0.39, 0.29) is 35.6 Å². The molecule has 2 bridgehead atoms. The zero-order valence-electron chi connectivity index (χ0n) is 11.9. The van der Waals surface area contributed by atoms with Gasteiger partial charge < -0.3 is 4.74 Å². The quantitative estimate of drug-likeness (QED) is 0.446. The number of carbonyl (C=O) groups is 2. The molecule has 0 radical (unpaired) electrons. The summed E-state index contributed by atoms with van der Waals surface area (Å²) < 4.78 is 4.90. The lowest BCUT2D eigenvalue weighted by molar-refractivity contribution is -0.154. The molecule has 1 heterocycles. The molecule has 4 heteroatoms. The van der Waals surface area contributed by atoms with Crippen LogP contribution in [0.4, 0.5) is 0 Å². The van der Waals surface area contributed by atoms with Crippen LogP contribution in [-0.2, 0) is 14.3 Å². The maximum absolute atomic E-state index is 12.0. The Labute approximate surface area is 133 Å². The van der Waals surface area contributed by atoms with Crippen LogP contribution in [0.1, 0.15) is 0 Å². The van der Waals surface area contributed by atoms with Crippen molar-refractivity contribution in [2.45, 2.75) is 10.5 Å². The molecule has 3 nitrogen and oxygen atoms in total. The van der Waals surface area contributed by atoms with Gasteiger partial charge in [-0.1, -0.05) is 48.6 Å². The number of thioether (sulfide) groups is 1. The lowest BCUT2D eigenvalue weighted by Crippen LogP contribution is -2.40. The Hall–Kier alpha value is -1.55. The zero-order chi connectivity index (χ0) is 14.8. The highest BCUT2D eigenvalue weighted by Gasteiger charge is 2.71. The summed E-state index contributed by atoms with van der Waals surface area (Å²) in [7, 11) is 0. The minimum atomic E-state index is -0.290. The van der Waals surface area contributed by atoms with E-state index in [2.05, 4.69) is 36.5 Å². The van der Waals surface area contributed by atoms with Crippen LogP contribution in [0.15, 0.2) is 48.6 Å². The Morgan fingerprint density at radius 1 is 0.773 bits per heavy atom. The number of carbonyl (C=O) groups excluding carboxylic acids is 2. The van der Waals surface area contributed by atoms with Crippen LogP contribution in [0.3, 0.4) is 0 Å². The van der Waals surface area contributed by atoms with E-state index in [0.29, 0.717) is 22.3 Å². The largest absolute Gasteiger partial charge is 0.393 e. The van der Waals surface area contributed by atoms with Gasteiger partial charge in [-0.25, -0.2) is 0 Å². The van der Waals surface area contributed by atoms with Crippen molar-refractivity contribution in [3.63, 3.8) is 0 Å². The van der Waals surface area contributed by atoms with E-state index in [9.17, 15) is 9.59 Å². The number of hydrogen-bond donors (Lipinski definition) is 0. The van der Waals surface area contributed by atoms with Crippen LogP contribution in [0.25, 0.3) is 0 Å². The summed E-state index contributed by atoms with van der Waals surface area (Å²) in [5.41, 5.74) is 0. The Morgan fingerprint density at radius 3 is 1.86 bits per heavy atom. The molecule has 1 aliphatic heterocycles. The van der Waals surface area contributed by atoms with Crippen molar-refractivity contribution < 1.29 is 14.3 Å². The maximum atomic E-state index is 12.0. The van der Waals surface area contributed by atoms with E-state index in [1.807, 2.05) is 23.9 Å². The smallest absolute Gasteiger partial charge is 0.318 e. The molecule has 0 N–H and O–H groups in total. The Kier molecular flexibility index (Phi) is 2.63. The molecule has 3 fully saturated rings. The van der Waals surface area contributed by atoms with E-state index in [1.165, 1.54) is 0 Å². The van der Waals surface area contributed by atoms with Crippen LogP contribution < -0.4 is 0 Å². The van der Waals surface area contributed by atoms with Crippen molar-refractivity contribution in [3.05, 3.63) is 48.6 Å². The highest BCUT2D eigenvalue weighted by atomic mass is 32.2. The number of rotatable bonds is 2. The van der Waals surface area contributed by atoms with Crippen LogP contribution in [-0.4, -0.2) is 22.4 Å². The molecule has 0 aromatic rings. The first kappa shape index (κ1) is 12.9. The fourth-order valence-electron chi connectivity index (χ4n) is 4.83. The SMILES string of the molecule is O=C1OC(=O)[C@H]2[C@H]3C=C[C@@H]([C@@H]12)[C@@H]1C(SC2C=CC=CC=C2)[C@H]31. The normalized spacial score (nSPS) is 47.4. The monoisotopic (exact) mass is 312 g/mol. The second-order valence-corrected chi connectivity index (χ2v) is 8.07. The third-order valence-electron chi connectivity index (χ3n) is 5.72. The molecule has 0 aromatic carbocycles. The molecule has 1 saturated heterocycles.